The molecule has 33 heavy (non-hydrogen) atoms. The number of nitrogens with one attached hydrogen (secondary N) is 1. The summed E-state index contributed by atoms with van der Waals surface area (Å²) in [6.45, 7) is -0.116. The Hall–Kier alpha value is -4.17. The van der Waals surface area contributed by atoms with Crippen LogP contribution >= 0.6 is 11.3 Å². The van der Waals surface area contributed by atoms with Gasteiger partial charge in [0.25, 0.3) is 11.5 Å². The first-order valence-corrected chi connectivity index (χ1v) is 11.0. The maximum absolute atomic E-state index is 12.9. The normalized spacial score (nSPS) is 11.7. The number of imidazole rings is 1. The number of ether oxygens (including phenoxy) is 2. The summed E-state index contributed by atoms with van der Waals surface area (Å²) in [5.74, 6) is 1.02. The molecule has 0 radical (unpaired) electrons. The van der Waals surface area contributed by atoms with E-state index < -0.39 is 0 Å². The fourth-order valence-corrected chi connectivity index (χ4v) is 4.43. The maximum atomic E-state index is 12.9. The van der Waals surface area contributed by atoms with Crippen molar-refractivity contribution in [2.75, 3.05) is 19.0 Å². The third-order valence-electron chi connectivity index (χ3n) is 5.07. The lowest BCUT2D eigenvalue weighted by atomic mass is 10.2. The van der Waals surface area contributed by atoms with Crippen LogP contribution in [0.15, 0.2) is 77.6 Å². The molecule has 5 rings (SSSR count). The van der Waals surface area contributed by atoms with Gasteiger partial charge in [0.2, 0.25) is 0 Å². The summed E-state index contributed by atoms with van der Waals surface area (Å²) in [4.78, 5) is 30.2. The summed E-state index contributed by atoms with van der Waals surface area (Å²) in [5.41, 5.74) is 3.06. The van der Waals surface area contributed by atoms with Gasteiger partial charge in [0.1, 0.15) is 11.5 Å². The Morgan fingerprint density at radius 3 is 2.52 bits per heavy atom. The van der Waals surface area contributed by atoms with Gasteiger partial charge >= 0.3 is 0 Å². The van der Waals surface area contributed by atoms with Crippen LogP contribution in [0.1, 0.15) is 5.56 Å². The van der Waals surface area contributed by atoms with E-state index >= 15 is 0 Å². The lowest BCUT2D eigenvalue weighted by Gasteiger charge is -2.08. The fraction of sp³-hybridized carbons (Fsp3) is 0.0800. The van der Waals surface area contributed by atoms with E-state index in [-0.39, 0.29) is 18.1 Å². The molecule has 1 N–H and O–H groups in total. The van der Waals surface area contributed by atoms with Gasteiger partial charge in [-0.15, -0.1) is 0 Å². The number of nitrogens with zero attached hydrogens (tertiary/aromatic N) is 2. The van der Waals surface area contributed by atoms with Crippen LogP contribution in [0, 0.1) is 0 Å². The molecular formula is C25H19N3O4S. The van der Waals surface area contributed by atoms with Crippen LogP contribution in [0.4, 0.5) is 5.69 Å². The first-order chi connectivity index (χ1) is 16.1. The van der Waals surface area contributed by atoms with Gasteiger partial charge in [-0.3, -0.25) is 9.59 Å². The average molecular weight is 458 g/mol. The predicted molar refractivity (Wildman–Crippen MR) is 129 cm³/mol. The second-order valence-corrected chi connectivity index (χ2v) is 8.28. The van der Waals surface area contributed by atoms with Crippen molar-refractivity contribution < 1.29 is 14.3 Å². The topological polar surface area (TPSA) is 81.9 Å². The van der Waals surface area contributed by atoms with Crippen LogP contribution in [-0.2, 0) is 4.79 Å². The van der Waals surface area contributed by atoms with Crippen molar-refractivity contribution in [1.29, 1.82) is 0 Å². The van der Waals surface area contributed by atoms with Gasteiger partial charge in [-0.25, -0.2) is 9.38 Å². The summed E-state index contributed by atoms with van der Waals surface area (Å²) in [6.07, 6.45) is 1.83. The molecule has 2 aromatic heterocycles. The largest absolute Gasteiger partial charge is 0.497 e. The Balaban J connectivity index is 1.26. The van der Waals surface area contributed by atoms with Crippen molar-refractivity contribution in [1.82, 2.24) is 9.38 Å². The number of benzene rings is 3. The summed E-state index contributed by atoms with van der Waals surface area (Å²) in [6, 6.07) is 21.9. The number of methoxy groups -OCH3 is 1. The Kier molecular flexibility index (Phi) is 5.50. The average Bonchev–Trinajstić information content (AvgIpc) is 3.35. The zero-order valence-corrected chi connectivity index (χ0v) is 18.5. The van der Waals surface area contributed by atoms with E-state index in [1.165, 1.54) is 11.3 Å². The summed E-state index contributed by atoms with van der Waals surface area (Å²) < 4.78 is 12.9. The highest BCUT2D eigenvalue weighted by molar-refractivity contribution is 7.15. The van der Waals surface area contributed by atoms with Gasteiger partial charge in [0.05, 0.1) is 22.7 Å². The zero-order chi connectivity index (χ0) is 22.8. The summed E-state index contributed by atoms with van der Waals surface area (Å²) in [5, 5.41) is 2.77. The molecule has 0 aliphatic rings. The second kappa shape index (κ2) is 8.76. The first kappa shape index (κ1) is 20.7. The lowest BCUT2D eigenvalue weighted by molar-refractivity contribution is -0.118. The van der Waals surface area contributed by atoms with Gasteiger partial charge in [0, 0.05) is 5.69 Å². The highest BCUT2D eigenvalue weighted by Crippen LogP contribution is 2.17. The minimum atomic E-state index is -0.263. The minimum Gasteiger partial charge on any atom is -0.497 e. The molecule has 164 valence electrons. The molecule has 3 aromatic carbocycles. The number of carbonyl (C=O) groups is 1. The number of rotatable bonds is 6. The Labute approximate surface area is 192 Å². The number of carbonyl (C=O) groups excluding carboxylic acids is 1. The van der Waals surface area contributed by atoms with E-state index in [1.807, 2.05) is 42.5 Å². The van der Waals surface area contributed by atoms with Crippen LogP contribution in [0.5, 0.6) is 11.5 Å². The van der Waals surface area contributed by atoms with E-state index in [9.17, 15) is 9.59 Å². The Bertz CT molecular complexity index is 1550. The van der Waals surface area contributed by atoms with Crippen molar-refractivity contribution >= 4 is 45.0 Å². The van der Waals surface area contributed by atoms with Gasteiger partial charge < -0.3 is 14.8 Å². The highest BCUT2D eigenvalue weighted by atomic mass is 32.1. The molecule has 0 atom stereocenters. The number of para-hydroxylation sites is 2. The molecule has 0 aliphatic heterocycles. The predicted octanol–water partition coefficient (Wildman–Crippen LogP) is 3.48. The molecule has 0 bridgehead atoms. The van der Waals surface area contributed by atoms with Crippen LogP contribution in [-0.4, -0.2) is 29.0 Å². The van der Waals surface area contributed by atoms with Gasteiger partial charge in [-0.2, -0.15) is 0 Å². The minimum absolute atomic E-state index is 0.0840. The molecule has 1 amide bonds. The number of thiazole rings is 1. The number of fused-ring (bicyclic) bond motifs is 3. The lowest BCUT2D eigenvalue weighted by Crippen LogP contribution is -2.22. The number of hydrogen-bond donors (Lipinski definition) is 1. The van der Waals surface area contributed by atoms with E-state index in [1.54, 1.807) is 47.9 Å². The fourth-order valence-electron chi connectivity index (χ4n) is 3.44. The van der Waals surface area contributed by atoms with Crippen molar-refractivity contribution in [2.45, 2.75) is 0 Å². The van der Waals surface area contributed by atoms with Crippen molar-refractivity contribution in [3.8, 4) is 11.5 Å². The number of amides is 1. The molecule has 2 heterocycles. The number of hydrogen-bond acceptors (Lipinski definition) is 6. The monoisotopic (exact) mass is 457 g/mol. The summed E-state index contributed by atoms with van der Waals surface area (Å²) in [7, 11) is 1.59. The third kappa shape index (κ3) is 4.28. The quantitative estimate of drug-likeness (QED) is 0.422. The molecule has 0 spiro atoms. The molecular weight excluding hydrogens is 438 g/mol. The maximum Gasteiger partial charge on any atom is 0.274 e. The smallest absolute Gasteiger partial charge is 0.274 e. The number of anilines is 1. The van der Waals surface area contributed by atoms with Crippen molar-refractivity contribution in [2.24, 2.45) is 0 Å². The molecule has 0 saturated heterocycles. The molecule has 0 unspecified atom stereocenters. The van der Waals surface area contributed by atoms with Gasteiger partial charge in [-0.05, 0) is 60.2 Å². The van der Waals surface area contributed by atoms with E-state index in [4.69, 9.17) is 9.47 Å². The SMILES string of the molecule is COc1ccc(NC(=O)COc2ccc(/C=c3/sc4nc5ccccc5n4c3=O)cc2)cc1. The van der Waals surface area contributed by atoms with Crippen molar-refractivity contribution in [3.63, 3.8) is 0 Å². The molecule has 5 aromatic rings. The molecule has 7 nitrogen and oxygen atoms in total. The molecule has 0 aliphatic carbocycles. The Morgan fingerprint density at radius 1 is 1.03 bits per heavy atom. The van der Waals surface area contributed by atoms with Crippen LogP contribution in [0.2, 0.25) is 0 Å². The van der Waals surface area contributed by atoms with E-state index in [2.05, 4.69) is 10.3 Å². The van der Waals surface area contributed by atoms with E-state index in [0.29, 0.717) is 20.9 Å². The number of aromatic nitrogens is 2. The first-order valence-electron chi connectivity index (χ1n) is 10.2. The van der Waals surface area contributed by atoms with Crippen LogP contribution in [0.25, 0.3) is 22.1 Å². The second-order valence-electron chi connectivity index (χ2n) is 7.27. The highest BCUT2D eigenvalue weighted by Gasteiger charge is 2.10. The summed E-state index contributed by atoms with van der Waals surface area (Å²) >= 11 is 1.36. The van der Waals surface area contributed by atoms with Gasteiger partial charge in [-0.1, -0.05) is 35.6 Å². The standard InChI is InChI=1S/C25H19N3O4S/c1-31-18-12-8-17(9-13-18)26-23(29)15-32-19-10-6-16(7-11-19)14-22-24(30)28-21-5-3-2-4-20(21)27-25(28)33-22/h2-14H,15H2,1H3,(H,26,29)/b22-14+. The van der Waals surface area contributed by atoms with Crippen LogP contribution < -0.4 is 24.9 Å². The van der Waals surface area contributed by atoms with E-state index in [0.717, 1.165) is 22.3 Å². The van der Waals surface area contributed by atoms with Gasteiger partial charge in [0.15, 0.2) is 11.6 Å². The third-order valence-corrected chi connectivity index (χ3v) is 6.04. The van der Waals surface area contributed by atoms with Crippen molar-refractivity contribution in [3.05, 3.63) is 93.2 Å². The molecule has 0 fully saturated rings. The Morgan fingerprint density at radius 2 is 1.76 bits per heavy atom. The molecule has 0 saturated carbocycles. The van der Waals surface area contributed by atoms with Crippen LogP contribution in [0.3, 0.4) is 0 Å². The zero-order valence-electron chi connectivity index (χ0n) is 17.6. The molecule has 8 heteroatoms.